The van der Waals surface area contributed by atoms with Gasteiger partial charge in [0.15, 0.2) is 0 Å². The van der Waals surface area contributed by atoms with Crippen LogP contribution < -0.4 is 19.7 Å². The topological polar surface area (TPSA) is 59.5 Å². The molecule has 0 amide bonds. The van der Waals surface area contributed by atoms with Crippen LogP contribution in [0.4, 0.5) is 23.1 Å². The molecule has 0 saturated carbocycles. The summed E-state index contributed by atoms with van der Waals surface area (Å²) in [6.07, 6.45) is 1.72. The minimum Gasteiger partial charge on any atom is -0.497 e. The third-order valence-electron chi connectivity index (χ3n) is 3.78. The van der Waals surface area contributed by atoms with Crippen molar-refractivity contribution < 1.29 is 9.47 Å². The van der Waals surface area contributed by atoms with Gasteiger partial charge in [-0.3, -0.25) is 0 Å². The minimum absolute atomic E-state index is 0.490. The second-order valence-electron chi connectivity index (χ2n) is 5.32. The van der Waals surface area contributed by atoms with E-state index in [-0.39, 0.29) is 0 Å². The van der Waals surface area contributed by atoms with Gasteiger partial charge in [-0.25, -0.2) is 4.98 Å². The van der Waals surface area contributed by atoms with Gasteiger partial charge in [-0.15, -0.1) is 0 Å². The van der Waals surface area contributed by atoms with Gasteiger partial charge in [0, 0.05) is 25.0 Å². The molecule has 2 aromatic carbocycles. The maximum absolute atomic E-state index is 5.40. The molecule has 1 N–H and O–H groups in total. The molecule has 128 valence electrons. The average Bonchev–Trinajstić information content (AvgIpc) is 2.68. The van der Waals surface area contributed by atoms with E-state index in [0.717, 1.165) is 22.9 Å². The van der Waals surface area contributed by atoms with Crippen LogP contribution in [0.15, 0.2) is 60.8 Å². The molecular formula is C19H20N4O2. The van der Waals surface area contributed by atoms with E-state index in [0.29, 0.717) is 11.7 Å². The first-order chi connectivity index (χ1) is 12.2. The Bertz CT molecular complexity index is 840. The zero-order valence-corrected chi connectivity index (χ0v) is 14.4. The van der Waals surface area contributed by atoms with Crippen LogP contribution in [0.25, 0.3) is 0 Å². The van der Waals surface area contributed by atoms with E-state index in [1.54, 1.807) is 20.4 Å². The number of rotatable bonds is 6. The quantitative estimate of drug-likeness (QED) is 0.734. The molecule has 0 aliphatic carbocycles. The number of ether oxygens (including phenoxy) is 2. The Balaban J connectivity index is 1.85. The number of hydrogen-bond acceptors (Lipinski definition) is 6. The Morgan fingerprint density at radius 1 is 0.960 bits per heavy atom. The Labute approximate surface area is 147 Å². The first kappa shape index (κ1) is 16.6. The summed E-state index contributed by atoms with van der Waals surface area (Å²) in [6.45, 7) is 0. The van der Waals surface area contributed by atoms with Crippen LogP contribution in [0.3, 0.4) is 0 Å². The van der Waals surface area contributed by atoms with E-state index in [4.69, 9.17) is 9.47 Å². The SMILES string of the molecule is COc1ccc(Nc2nccc(N(C)c3ccccc3)n2)c(OC)c1. The average molecular weight is 336 g/mol. The van der Waals surface area contributed by atoms with Gasteiger partial charge in [-0.05, 0) is 30.3 Å². The van der Waals surface area contributed by atoms with E-state index in [9.17, 15) is 0 Å². The lowest BCUT2D eigenvalue weighted by molar-refractivity contribution is 0.395. The molecule has 6 heteroatoms. The summed E-state index contributed by atoms with van der Waals surface area (Å²) >= 11 is 0. The molecule has 0 aliphatic heterocycles. The Morgan fingerprint density at radius 2 is 1.76 bits per heavy atom. The Morgan fingerprint density at radius 3 is 2.48 bits per heavy atom. The summed E-state index contributed by atoms with van der Waals surface area (Å²) in [6, 6.07) is 17.4. The molecule has 0 atom stereocenters. The number of para-hydroxylation sites is 1. The van der Waals surface area contributed by atoms with E-state index in [2.05, 4.69) is 15.3 Å². The highest BCUT2D eigenvalue weighted by Gasteiger charge is 2.09. The van der Waals surface area contributed by atoms with E-state index in [1.165, 1.54) is 0 Å². The molecule has 3 aromatic rings. The number of nitrogens with zero attached hydrogens (tertiary/aromatic N) is 3. The van der Waals surface area contributed by atoms with Crippen molar-refractivity contribution in [3.05, 3.63) is 60.8 Å². The van der Waals surface area contributed by atoms with Gasteiger partial charge in [0.25, 0.3) is 0 Å². The van der Waals surface area contributed by atoms with Crippen LogP contribution in [0.2, 0.25) is 0 Å². The predicted molar refractivity (Wildman–Crippen MR) is 99.4 cm³/mol. The summed E-state index contributed by atoms with van der Waals surface area (Å²) in [5, 5.41) is 3.19. The molecule has 0 saturated heterocycles. The molecule has 1 aromatic heterocycles. The fourth-order valence-corrected chi connectivity index (χ4v) is 2.40. The lowest BCUT2D eigenvalue weighted by Gasteiger charge is -2.19. The fourth-order valence-electron chi connectivity index (χ4n) is 2.40. The highest BCUT2D eigenvalue weighted by molar-refractivity contribution is 5.66. The van der Waals surface area contributed by atoms with Crippen molar-refractivity contribution >= 4 is 23.1 Å². The van der Waals surface area contributed by atoms with Crippen molar-refractivity contribution in [1.29, 1.82) is 0 Å². The monoisotopic (exact) mass is 336 g/mol. The van der Waals surface area contributed by atoms with Crippen molar-refractivity contribution in [1.82, 2.24) is 9.97 Å². The maximum atomic E-state index is 5.40. The summed E-state index contributed by atoms with van der Waals surface area (Å²) in [5.74, 6) is 2.66. The van der Waals surface area contributed by atoms with Gasteiger partial charge in [0.05, 0.1) is 19.9 Å². The van der Waals surface area contributed by atoms with Gasteiger partial charge in [-0.2, -0.15) is 4.98 Å². The largest absolute Gasteiger partial charge is 0.497 e. The van der Waals surface area contributed by atoms with Crippen LogP contribution in [0.1, 0.15) is 0 Å². The normalized spacial score (nSPS) is 10.2. The summed E-state index contributed by atoms with van der Waals surface area (Å²) in [5.41, 5.74) is 1.82. The van der Waals surface area contributed by atoms with Crippen molar-refractivity contribution in [3.63, 3.8) is 0 Å². The van der Waals surface area contributed by atoms with Gasteiger partial charge < -0.3 is 19.7 Å². The highest BCUT2D eigenvalue weighted by Crippen LogP contribution is 2.31. The van der Waals surface area contributed by atoms with Gasteiger partial charge >= 0.3 is 0 Å². The maximum Gasteiger partial charge on any atom is 0.229 e. The summed E-state index contributed by atoms with van der Waals surface area (Å²) in [4.78, 5) is 10.9. The van der Waals surface area contributed by atoms with Crippen LogP contribution >= 0.6 is 0 Å². The molecule has 25 heavy (non-hydrogen) atoms. The van der Waals surface area contributed by atoms with Gasteiger partial charge in [-0.1, -0.05) is 18.2 Å². The molecule has 0 aliphatic rings. The van der Waals surface area contributed by atoms with Crippen molar-refractivity contribution in [2.24, 2.45) is 0 Å². The van der Waals surface area contributed by atoms with Crippen molar-refractivity contribution in [3.8, 4) is 11.5 Å². The minimum atomic E-state index is 0.490. The van der Waals surface area contributed by atoms with Crippen molar-refractivity contribution in [2.45, 2.75) is 0 Å². The van der Waals surface area contributed by atoms with Gasteiger partial charge in [0.2, 0.25) is 5.95 Å². The number of hydrogen-bond donors (Lipinski definition) is 1. The molecule has 0 spiro atoms. The first-order valence-corrected chi connectivity index (χ1v) is 7.82. The van der Waals surface area contributed by atoms with Crippen LogP contribution in [0.5, 0.6) is 11.5 Å². The lowest BCUT2D eigenvalue weighted by atomic mass is 10.2. The number of anilines is 4. The van der Waals surface area contributed by atoms with E-state index in [1.807, 2.05) is 66.5 Å². The molecule has 0 radical (unpaired) electrons. The predicted octanol–water partition coefficient (Wildman–Crippen LogP) is 4.01. The van der Waals surface area contributed by atoms with Crippen LogP contribution in [-0.2, 0) is 0 Å². The summed E-state index contributed by atoms with van der Waals surface area (Å²) < 4.78 is 10.6. The van der Waals surface area contributed by atoms with Crippen LogP contribution in [-0.4, -0.2) is 31.2 Å². The van der Waals surface area contributed by atoms with E-state index < -0.39 is 0 Å². The molecule has 6 nitrogen and oxygen atoms in total. The second kappa shape index (κ2) is 7.53. The number of aromatic nitrogens is 2. The fraction of sp³-hybridized carbons (Fsp3) is 0.158. The Hall–Kier alpha value is -3.28. The molecule has 0 unspecified atom stereocenters. The van der Waals surface area contributed by atoms with Crippen molar-refractivity contribution in [2.75, 3.05) is 31.5 Å². The number of methoxy groups -OCH3 is 2. The standard InChI is InChI=1S/C19H20N4O2/c1-23(14-7-5-4-6-8-14)18-11-12-20-19(22-18)21-16-10-9-15(24-2)13-17(16)25-3/h4-13H,1-3H3,(H,20,21,22). The zero-order chi connectivity index (χ0) is 17.6. The molecular weight excluding hydrogens is 316 g/mol. The molecule has 3 rings (SSSR count). The molecule has 0 bridgehead atoms. The third kappa shape index (κ3) is 3.80. The second-order valence-corrected chi connectivity index (χ2v) is 5.32. The third-order valence-corrected chi connectivity index (χ3v) is 3.78. The Kier molecular flexibility index (Phi) is 4.99. The van der Waals surface area contributed by atoms with E-state index >= 15 is 0 Å². The molecule has 0 fully saturated rings. The summed E-state index contributed by atoms with van der Waals surface area (Å²) in [7, 11) is 5.20. The van der Waals surface area contributed by atoms with Gasteiger partial charge in [0.1, 0.15) is 17.3 Å². The molecule has 1 heterocycles. The number of benzene rings is 2. The first-order valence-electron chi connectivity index (χ1n) is 7.82. The smallest absolute Gasteiger partial charge is 0.229 e. The lowest BCUT2D eigenvalue weighted by Crippen LogP contribution is -2.12. The van der Waals surface area contributed by atoms with Crippen LogP contribution in [0, 0.1) is 0 Å². The highest BCUT2D eigenvalue weighted by atomic mass is 16.5. The zero-order valence-electron chi connectivity index (χ0n) is 14.4. The number of nitrogens with one attached hydrogen (secondary N) is 1.